The Kier molecular flexibility index (Phi) is 30.7. The quantitative estimate of drug-likeness (QED) is 0.647. The average Bonchev–Trinajstić information content (AvgIpc) is 2.42. The Balaban J connectivity index is -0.000000180. The van der Waals surface area contributed by atoms with E-state index in [0.717, 1.165) is 0 Å². The first-order valence-corrected chi connectivity index (χ1v) is 6.75. The molecule has 0 amide bonds. The van der Waals surface area contributed by atoms with Gasteiger partial charge in [-0.2, -0.15) is 0 Å². The van der Waals surface area contributed by atoms with E-state index >= 15 is 0 Å². The van der Waals surface area contributed by atoms with Gasteiger partial charge in [0.1, 0.15) is 0 Å². The normalized spacial score (nSPS) is 14.2. The van der Waals surface area contributed by atoms with E-state index in [-0.39, 0.29) is 0 Å². The van der Waals surface area contributed by atoms with Crippen LogP contribution in [-0.2, 0) is 0 Å². The molecule has 0 atom stereocenters. The number of rotatable bonds is 2. The van der Waals surface area contributed by atoms with Crippen molar-refractivity contribution in [1.29, 1.82) is 0 Å². The lowest BCUT2D eigenvalue weighted by Crippen LogP contribution is -2.24. The number of aliphatic imine (C=N–C) groups is 1. The van der Waals surface area contributed by atoms with Crippen LogP contribution in [0.2, 0.25) is 0 Å². The van der Waals surface area contributed by atoms with Gasteiger partial charge in [0.05, 0.1) is 0 Å². The zero-order chi connectivity index (χ0) is 13.9. The van der Waals surface area contributed by atoms with E-state index in [4.69, 9.17) is 0 Å². The standard InChI is InChI=1S/C6H13N.C5H7N.2C2H6/c1-7-5-3-2-4-6-7;1-3-5-6-4-2;2*1-2/h2-6H2,1H3;3-5H,1-2H2;2*1-2H3. The van der Waals surface area contributed by atoms with Crippen LogP contribution < -0.4 is 0 Å². The first-order chi connectivity index (χ1) is 8.31. The summed E-state index contributed by atoms with van der Waals surface area (Å²) in [5.74, 6) is 0. The van der Waals surface area contributed by atoms with E-state index in [0.29, 0.717) is 0 Å². The highest BCUT2D eigenvalue weighted by Gasteiger charge is 2.02. The van der Waals surface area contributed by atoms with Crippen molar-refractivity contribution in [1.82, 2.24) is 4.90 Å². The molecule has 2 heteroatoms. The van der Waals surface area contributed by atoms with Crippen molar-refractivity contribution in [3.05, 3.63) is 25.4 Å². The van der Waals surface area contributed by atoms with Gasteiger partial charge >= 0.3 is 0 Å². The second-order valence-electron chi connectivity index (χ2n) is 3.08. The molecule has 102 valence electrons. The van der Waals surface area contributed by atoms with Crippen LogP contribution in [0.3, 0.4) is 0 Å². The van der Waals surface area contributed by atoms with Gasteiger partial charge in [-0.05, 0) is 33.0 Å². The van der Waals surface area contributed by atoms with Crippen molar-refractivity contribution in [3.63, 3.8) is 0 Å². The molecule has 0 spiro atoms. The highest BCUT2D eigenvalue weighted by atomic mass is 15.1. The largest absolute Gasteiger partial charge is 0.306 e. The summed E-state index contributed by atoms with van der Waals surface area (Å²) in [5, 5.41) is 0. The monoisotopic (exact) mass is 240 g/mol. The molecule has 0 bridgehead atoms. The third-order valence-corrected chi connectivity index (χ3v) is 1.88. The fourth-order valence-corrected chi connectivity index (χ4v) is 1.17. The van der Waals surface area contributed by atoms with Crippen LogP contribution in [0.25, 0.3) is 0 Å². The molecule has 0 aromatic carbocycles. The molecule has 1 saturated heterocycles. The van der Waals surface area contributed by atoms with Crippen LogP contribution in [0.5, 0.6) is 0 Å². The van der Waals surface area contributed by atoms with Gasteiger partial charge in [-0.15, -0.1) is 0 Å². The minimum atomic E-state index is 1.32. The zero-order valence-corrected chi connectivity index (χ0v) is 12.6. The van der Waals surface area contributed by atoms with Gasteiger partial charge in [0.15, 0.2) is 0 Å². The molecule has 1 rings (SSSR count). The molecular weight excluding hydrogens is 208 g/mol. The smallest absolute Gasteiger partial charge is 0.0261 e. The maximum atomic E-state index is 3.61. The van der Waals surface area contributed by atoms with Crippen molar-refractivity contribution in [3.8, 4) is 0 Å². The van der Waals surface area contributed by atoms with Gasteiger partial charge in [-0.1, -0.05) is 53.3 Å². The predicted octanol–water partition coefficient (Wildman–Crippen LogP) is 4.54. The van der Waals surface area contributed by atoms with Crippen molar-refractivity contribution in [2.24, 2.45) is 4.99 Å². The highest BCUT2D eigenvalue weighted by molar-refractivity contribution is 5.70. The molecule has 2 nitrogen and oxygen atoms in total. The predicted molar refractivity (Wildman–Crippen MR) is 82.9 cm³/mol. The Morgan fingerprint density at radius 2 is 1.41 bits per heavy atom. The summed E-state index contributed by atoms with van der Waals surface area (Å²) in [6.07, 6.45) is 8.91. The SMILES string of the molecule is C=CC=NC=C.CC.CC.CN1CCCCC1. The summed E-state index contributed by atoms with van der Waals surface area (Å²) < 4.78 is 0. The molecule has 1 heterocycles. The molecule has 0 aromatic heterocycles. The number of nitrogens with zero attached hydrogens (tertiary/aromatic N) is 2. The van der Waals surface area contributed by atoms with Crippen molar-refractivity contribution in [2.45, 2.75) is 47.0 Å². The Labute approximate surface area is 109 Å². The Hall–Kier alpha value is -0.890. The minimum absolute atomic E-state index is 1.32. The minimum Gasteiger partial charge on any atom is -0.306 e. The first kappa shape index (κ1) is 21.4. The Morgan fingerprint density at radius 1 is 0.941 bits per heavy atom. The van der Waals surface area contributed by atoms with Gasteiger partial charge in [0.25, 0.3) is 0 Å². The van der Waals surface area contributed by atoms with Crippen molar-refractivity contribution < 1.29 is 0 Å². The third-order valence-electron chi connectivity index (χ3n) is 1.88. The second kappa shape index (κ2) is 24.4. The van der Waals surface area contributed by atoms with E-state index in [9.17, 15) is 0 Å². The summed E-state index contributed by atoms with van der Waals surface area (Å²) in [7, 11) is 2.19. The van der Waals surface area contributed by atoms with Crippen LogP contribution in [0.4, 0.5) is 0 Å². The zero-order valence-electron chi connectivity index (χ0n) is 12.6. The van der Waals surface area contributed by atoms with E-state index in [1.165, 1.54) is 38.6 Å². The molecule has 0 N–H and O–H groups in total. The molecule has 0 aliphatic carbocycles. The summed E-state index contributed by atoms with van der Waals surface area (Å²) in [4.78, 5) is 6.00. The van der Waals surface area contributed by atoms with E-state index in [2.05, 4.69) is 30.1 Å². The number of piperidine rings is 1. The maximum absolute atomic E-state index is 3.61. The van der Waals surface area contributed by atoms with Gasteiger partial charge in [0.2, 0.25) is 0 Å². The lowest BCUT2D eigenvalue weighted by Gasteiger charge is -2.20. The lowest BCUT2D eigenvalue weighted by atomic mass is 10.1. The Morgan fingerprint density at radius 3 is 1.59 bits per heavy atom. The lowest BCUT2D eigenvalue weighted by molar-refractivity contribution is 0.277. The molecule has 0 radical (unpaired) electrons. The summed E-state index contributed by atoms with van der Waals surface area (Å²) in [6, 6.07) is 0. The van der Waals surface area contributed by atoms with Crippen LogP contribution in [-0.4, -0.2) is 31.3 Å². The summed E-state index contributed by atoms with van der Waals surface area (Å²) in [5.41, 5.74) is 0. The highest BCUT2D eigenvalue weighted by Crippen LogP contribution is 2.04. The van der Waals surface area contributed by atoms with E-state index in [1.54, 1.807) is 12.3 Å². The van der Waals surface area contributed by atoms with Crippen molar-refractivity contribution in [2.75, 3.05) is 20.1 Å². The fraction of sp³-hybridized carbons (Fsp3) is 0.667. The fourth-order valence-electron chi connectivity index (χ4n) is 1.17. The Bertz CT molecular complexity index is 146. The van der Waals surface area contributed by atoms with Crippen LogP contribution in [0.15, 0.2) is 30.4 Å². The van der Waals surface area contributed by atoms with Gasteiger partial charge in [-0.3, -0.25) is 4.99 Å². The van der Waals surface area contributed by atoms with Gasteiger partial charge in [0, 0.05) is 12.4 Å². The van der Waals surface area contributed by atoms with Crippen molar-refractivity contribution >= 4 is 6.21 Å². The molecule has 17 heavy (non-hydrogen) atoms. The third kappa shape index (κ3) is 25.4. The molecular formula is C15H32N2. The van der Waals surface area contributed by atoms with Crippen LogP contribution in [0, 0.1) is 0 Å². The molecule has 1 fully saturated rings. The first-order valence-electron chi connectivity index (χ1n) is 6.75. The number of allylic oxidation sites excluding steroid dienone is 1. The van der Waals surface area contributed by atoms with E-state index in [1.807, 2.05) is 27.7 Å². The summed E-state index contributed by atoms with van der Waals surface area (Å²) in [6.45, 7) is 17.4. The maximum Gasteiger partial charge on any atom is 0.0261 e. The van der Waals surface area contributed by atoms with Gasteiger partial charge in [-0.25, -0.2) is 0 Å². The molecule has 1 aliphatic rings. The number of likely N-dealkylation sites (tertiary alicyclic amines) is 1. The van der Waals surface area contributed by atoms with Crippen LogP contribution >= 0.6 is 0 Å². The van der Waals surface area contributed by atoms with Gasteiger partial charge < -0.3 is 4.90 Å². The summed E-state index contributed by atoms with van der Waals surface area (Å²) >= 11 is 0. The number of hydrogen-bond donors (Lipinski definition) is 0. The average molecular weight is 240 g/mol. The molecule has 0 aromatic rings. The second-order valence-corrected chi connectivity index (χ2v) is 3.08. The van der Waals surface area contributed by atoms with E-state index < -0.39 is 0 Å². The topological polar surface area (TPSA) is 15.6 Å². The number of hydrogen-bond acceptors (Lipinski definition) is 2. The van der Waals surface area contributed by atoms with Crippen LogP contribution in [0.1, 0.15) is 47.0 Å². The molecule has 0 unspecified atom stereocenters. The molecule has 0 saturated carbocycles. The molecule has 1 aliphatic heterocycles.